The number of aryl methyl sites for hydroxylation is 1. The van der Waals surface area contributed by atoms with Gasteiger partial charge in [0, 0.05) is 26.2 Å². The van der Waals surface area contributed by atoms with E-state index in [1.54, 1.807) is 0 Å². The number of thiocarbonyl (C=S) groups is 1. The van der Waals surface area contributed by atoms with Crippen molar-refractivity contribution in [2.45, 2.75) is 26.3 Å². The summed E-state index contributed by atoms with van der Waals surface area (Å²) in [6, 6.07) is 0.0774. The molecule has 7 heteroatoms. The highest BCUT2D eigenvalue weighted by Crippen LogP contribution is 2.20. The molecule has 0 bridgehead atoms. The van der Waals surface area contributed by atoms with Gasteiger partial charge in [-0.3, -0.25) is 4.90 Å². The molecule has 0 aromatic carbocycles. The molecule has 0 amide bonds. The predicted octanol–water partition coefficient (Wildman–Crippen LogP) is 0.975. The molecule has 1 aromatic rings. The second kappa shape index (κ2) is 6.41. The van der Waals surface area contributed by atoms with Crippen LogP contribution < -0.4 is 10.6 Å². The van der Waals surface area contributed by atoms with Crippen LogP contribution in [0.2, 0.25) is 0 Å². The summed E-state index contributed by atoms with van der Waals surface area (Å²) < 4.78 is 14.2. The molecule has 0 aliphatic carbocycles. The second-order valence-corrected chi connectivity index (χ2v) is 5.38. The van der Waals surface area contributed by atoms with Crippen molar-refractivity contribution in [3.8, 4) is 0 Å². The van der Waals surface area contributed by atoms with Gasteiger partial charge in [-0.15, -0.1) is 0 Å². The SMILES string of the molecule is CCc1ncnc(N2CCN(C(C)C(N)=S)CC2)c1F. The van der Waals surface area contributed by atoms with E-state index in [9.17, 15) is 4.39 Å². The maximum absolute atomic E-state index is 14.2. The molecule has 1 fully saturated rings. The average molecular weight is 297 g/mol. The normalized spacial score (nSPS) is 18.1. The third-order valence-electron chi connectivity index (χ3n) is 3.75. The first kappa shape index (κ1) is 15.1. The van der Waals surface area contributed by atoms with Crippen LogP contribution >= 0.6 is 12.2 Å². The first-order valence-electron chi connectivity index (χ1n) is 6.82. The highest BCUT2D eigenvalue weighted by Gasteiger charge is 2.25. The van der Waals surface area contributed by atoms with Crippen LogP contribution in [0, 0.1) is 5.82 Å². The molecule has 20 heavy (non-hydrogen) atoms. The highest BCUT2D eigenvalue weighted by molar-refractivity contribution is 7.80. The van der Waals surface area contributed by atoms with Crippen molar-refractivity contribution in [1.82, 2.24) is 14.9 Å². The molecule has 1 saturated heterocycles. The van der Waals surface area contributed by atoms with Crippen LogP contribution in [-0.4, -0.2) is 52.1 Å². The van der Waals surface area contributed by atoms with Gasteiger partial charge >= 0.3 is 0 Å². The second-order valence-electron chi connectivity index (χ2n) is 4.91. The number of anilines is 1. The number of halogens is 1. The van der Waals surface area contributed by atoms with Crippen LogP contribution in [0.4, 0.5) is 10.2 Å². The van der Waals surface area contributed by atoms with Gasteiger partial charge in [0.2, 0.25) is 0 Å². The Bertz CT molecular complexity index is 488. The number of nitrogens with two attached hydrogens (primary N) is 1. The van der Waals surface area contributed by atoms with E-state index in [0.29, 0.717) is 36.0 Å². The van der Waals surface area contributed by atoms with E-state index >= 15 is 0 Å². The zero-order chi connectivity index (χ0) is 14.7. The molecule has 0 radical (unpaired) electrons. The van der Waals surface area contributed by atoms with E-state index in [0.717, 1.165) is 13.1 Å². The lowest BCUT2D eigenvalue weighted by Gasteiger charge is -2.38. The van der Waals surface area contributed by atoms with Gasteiger partial charge in [0.05, 0.1) is 16.7 Å². The molecule has 2 heterocycles. The molecule has 5 nitrogen and oxygen atoms in total. The third kappa shape index (κ3) is 3.04. The Kier molecular flexibility index (Phi) is 4.82. The average Bonchev–Trinajstić information content (AvgIpc) is 2.47. The van der Waals surface area contributed by atoms with Gasteiger partial charge in [0.25, 0.3) is 0 Å². The summed E-state index contributed by atoms with van der Waals surface area (Å²) in [5, 5.41) is 0. The molecule has 110 valence electrons. The van der Waals surface area contributed by atoms with Crippen LogP contribution in [0.3, 0.4) is 0 Å². The van der Waals surface area contributed by atoms with Gasteiger partial charge in [-0.25, -0.2) is 14.4 Å². The number of rotatable bonds is 4. The third-order valence-corrected chi connectivity index (χ3v) is 4.09. The van der Waals surface area contributed by atoms with Crippen molar-refractivity contribution in [2.24, 2.45) is 5.73 Å². The van der Waals surface area contributed by atoms with Crippen LogP contribution in [0.1, 0.15) is 19.5 Å². The number of hydrogen-bond acceptors (Lipinski definition) is 5. The number of aromatic nitrogens is 2. The summed E-state index contributed by atoms with van der Waals surface area (Å²) >= 11 is 5.02. The largest absolute Gasteiger partial charge is 0.392 e. The molecule has 1 aliphatic heterocycles. The Morgan fingerprint density at radius 1 is 1.40 bits per heavy atom. The Morgan fingerprint density at radius 3 is 2.60 bits per heavy atom. The molecular formula is C13H20FN5S. The number of piperazine rings is 1. The van der Waals surface area contributed by atoms with Gasteiger partial charge in [-0.05, 0) is 13.3 Å². The maximum atomic E-state index is 14.2. The minimum absolute atomic E-state index is 0.0774. The fourth-order valence-electron chi connectivity index (χ4n) is 2.36. The number of nitrogens with zero attached hydrogens (tertiary/aromatic N) is 4. The van der Waals surface area contributed by atoms with E-state index < -0.39 is 0 Å². The lowest BCUT2D eigenvalue weighted by molar-refractivity contribution is 0.238. The molecule has 2 N–H and O–H groups in total. The topological polar surface area (TPSA) is 58.3 Å². The van der Waals surface area contributed by atoms with Gasteiger partial charge in [-0.1, -0.05) is 19.1 Å². The molecule has 0 saturated carbocycles. The Hall–Kier alpha value is -1.34. The Labute approximate surface area is 124 Å². The summed E-state index contributed by atoms with van der Waals surface area (Å²) in [6.07, 6.45) is 2.00. The monoisotopic (exact) mass is 297 g/mol. The number of hydrogen-bond donors (Lipinski definition) is 1. The Morgan fingerprint density at radius 2 is 2.05 bits per heavy atom. The molecule has 1 unspecified atom stereocenters. The van der Waals surface area contributed by atoms with Crippen LogP contribution in [0.25, 0.3) is 0 Å². The molecule has 1 atom stereocenters. The highest BCUT2D eigenvalue weighted by atomic mass is 32.1. The van der Waals surface area contributed by atoms with Crippen LogP contribution in [0.5, 0.6) is 0 Å². The molecule has 2 rings (SSSR count). The van der Waals surface area contributed by atoms with Crippen molar-refractivity contribution < 1.29 is 4.39 Å². The summed E-state index contributed by atoms with van der Waals surface area (Å²) in [5.74, 6) is 0.102. The van der Waals surface area contributed by atoms with Gasteiger partial charge < -0.3 is 10.6 Å². The molecule has 1 aromatic heterocycles. The maximum Gasteiger partial charge on any atom is 0.187 e. The summed E-state index contributed by atoms with van der Waals surface area (Å²) in [5.41, 5.74) is 6.14. The molecular weight excluding hydrogens is 277 g/mol. The lowest BCUT2D eigenvalue weighted by Crippen LogP contribution is -2.53. The van der Waals surface area contributed by atoms with Crippen LogP contribution in [-0.2, 0) is 6.42 Å². The summed E-state index contributed by atoms with van der Waals surface area (Å²) in [4.78, 5) is 12.7. The van der Waals surface area contributed by atoms with Crippen molar-refractivity contribution in [3.05, 3.63) is 17.8 Å². The zero-order valence-electron chi connectivity index (χ0n) is 11.8. The van der Waals surface area contributed by atoms with Gasteiger partial charge in [0.1, 0.15) is 6.33 Å². The molecule has 0 spiro atoms. The first-order valence-corrected chi connectivity index (χ1v) is 7.23. The minimum Gasteiger partial charge on any atom is -0.392 e. The van der Waals surface area contributed by atoms with E-state index in [2.05, 4.69) is 14.9 Å². The van der Waals surface area contributed by atoms with Crippen molar-refractivity contribution in [2.75, 3.05) is 31.1 Å². The van der Waals surface area contributed by atoms with E-state index in [4.69, 9.17) is 18.0 Å². The van der Waals surface area contributed by atoms with Crippen molar-refractivity contribution in [3.63, 3.8) is 0 Å². The summed E-state index contributed by atoms with van der Waals surface area (Å²) in [7, 11) is 0. The van der Waals surface area contributed by atoms with Gasteiger partial charge in [-0.2, -0.15) is 0 Å². The van der Waals surface area contributed by atoms with Crippen LogP contribution in [0.15, 0.2) is 6.33 Å². The van der Waals surface area contributed by atoms with Crippen molar-refractivity contribution >= 4 is 23.0 Å². The predicted molar refractivity (Wildman–Crippen MR) is 81.4 cm³/mol. The fraction of sp³-hybridized carbons (Fsp3) is 0.615. The van der Waals surface area contributed by atoms with E-state index in [-0.39, 0.29) is 11.9 Å². The van der Waals surface area contributed by atoms with E-state index in [1.165, 1.54) is 6.33 Å². The van der Waals surface area contributed by atoms with Gasteiger partial charge in [0.15, 0.2) is 11.6 Å². The quantitative estimate of drug-likeness (QED) is 0.836. The smallest absolute Gasteiger partial charge is 0.187 e. The zero-order valence-corrected chi connectivity index (χ0v) is 12.7. The minimum atomic E-state index is -0.300. The summed E-state index contributed by atoms with van der Waals surface area (Å²) in [6.45, 7) is 6.90. The fourth-order valence-corrected chi connectivity index (χ4v) is 2.51. The van der Waals surface area contributed by atoms with Crippen molar-refractivity contribution in [1.29, 1.82) is 0 Å². The Balaban J connectivity index is 2.06. The standard InChI is InChI=1S/C13H20FN5S/c1-3-10-11(14)13(17-8-16-10)19-6-4-18(5-7-19)9(2)12(15)20/h8-9H,3-7H2,1-2H3,(H2,15,20). The molecule has 1 aliphatic rings. The lowest BCUT2D eigenvalue weighted by atomic mass is 10.2. The van der Waals surface area contributed by atoms with E-state index in [1.807, 2.05) is 18.7 Å². The first-order chi connectivity index (χ1) is 9.54.